The van der Waals surface area contributed by atoms with Gasteiger partial charge in [-0.25, -0.2) is 8.42 Å². The lowest BCUT2D eigenvalue weighted by Crippen LogP contribution is -2.22. The summed E-state index contributed by atoms with van der Waals surface area (Å²) < 4.78 is 27.5. The average molecular weight is 649 g/mol. The Morgan fingerprint density at radius 3 is 1.41 bits per heavy atom. The van der Waals surface area contributed by atoms with E-state index >= 15 is 0 Å². The summed E-state index contributed by atoms with van der Waals surface area (Å²) in [6, 6.07) is 7.19. The Kier molecular flexibility index (Phi) is 20.5. The van der Waals surface area contributed by atoms with Gasteiger partial charge in [-0.2, -0.15) is 0 Å². The van der Waals surface area contributed by atoms with E-state index in [0.717, 1.165) is 80.9 Å². The molecule has 256 valence electrons. The molecule has 4 heteroatoms. The van der Waals surface area contributed by atoms with Gasteiger partial charge in [0.2, 0.25) is 0 Å². The van der Waals surface area contributed by atoms with Crippen molar-refractivity contribution in [3.63, 3.8) is 0 Å². The highest BCUT2D eigenvalue weighted by Gasteiger charge is 2.28. The monoisotopic (exact) mass is 648 g/mol. The third-order valence-corrected chi connectivity index (χ3v) is 10.8. The molecule has 0 radical (unpaired) electrons. The van der Waals surface area contributed by atoms with Crippen LogP contribution in [-0.2, 0) is 9.84 Å². The predicted molar refractivity (Wildman–Crippen MR) is 202 cm³/mol. The number of sulfone groups is 1. The molecule has 0 heterocycles. The Hall–Kier alpha value is -2.69. The van der Waals surface area contributed by atoms with Crippen molar-refractivity contribution in [2.45, 2.75) is 143 Å². The second kappa shape index (κ2) is 22.8. The fourth-order valence-electron chi connectivity index (χ4n) is 5.31. The summed E-state index contributed by atoms with van der Waals surface area (Å²) in [6.45, 7) is 19.1. The summed E-state index contributed by atoms with van der Waals surface area (Å²) in [7, 11) is -3.53. The van der Waals surface area contributed by atoms with Gasteiger partial charge in [-0.1, -0.05) is 99.2 Å². The zero-order valence-electron chi connectivity index (χ0n) is 30.6. The minimum Gasteiger partial charge on any atom is -0.392 e. The van der Waals surface area contributed by atoms with Crippen molar-refractivity contribution in [1.29, 1.82) is 0 Å². The molecule has 0 aromatic heterocycles. The van der Waals surface area contributed by atoms with E-state index in [-0.39, 0.29) is 6.61 Å². The number of aryl methyl sites for hydroxylation is 1. The molecule has 46 heavy (non-hydrogen) atoms. The van der Waals surface area contributed by atoms with Crippen molar-refractivity contribution in [2.75, 3.05) is 6.61 Å². The summed E-state index contributed by atoms with van der Waals surface area (Å²) >= 11 is 0. The second-order valence-corrected chi connectivity index (χ2v) is 15.6. The zero-order chi connectivity index (χ0) is 34.5. The zero-order valence-corrected chi connectivity index (χ0v) is 31.4. The Morgan fingerprint density at radius 2 is 0.978 bits per heavy atom. The van der Waals surface area contributed by atoms with Gasteiger partial charge in [0.1, 0.15) is 0 Å². The molecule has 1 unspecified atom stereocenters. The van der Waals surface area contributed by atoms with Crippen molar-refractivity contribution < 1.29 is 13.5 Å². The molecule has 0 aliphatic rings. The number of allylic oxidation sites excluding steroid dienone is 12. The molecule has 1 aromatic carbocycles. The van der Waals surface area contributed by atoms with Gasteiger partial charge in [0.25, 0.3) is 0 Å². The number of aliphatic hydroxyl groups is 1. The molecule has 0 aliphatic carbocycles. The van der Waals surface area contributed by atoms with Gasteiger partial charge in [0.15, 0.2) is 9.84 Å². The molecule has 0 aliphatic heterocycles. The first-order chi connectivity index (χ1) is 21.8. The molecular weight excluding hydrogens is 585 g/mol. The normalized spacial score (nSPS) is 14.9. The van der Waals surface area contributed by atoms with Crippen molar-refractivity contribution in [3.8, 4) is 0 Å². The maximum atomic E-state index is 13.8. The SMILES string of the molecule is CC(C)=CCCC(C)=CCCC(C)=CCCC(C)=CCC/C(C)=C/CC(C(C)=CCC/C(C)=C/CO)S(=O)(=O)c1ccc(C)cc1. The quantitative estimate of drug-likeness (QED) is 0.135. The number of aliphatic hydroxyl groups excluding tert-OH is 1. The molecule has 1 rings (SSSR count). The van der Waals surface area contributed by atoms with Crippen molar-refractivity contribution in [3.05, 3.63) is 111 Å². The minimum atomic E-state index is -3.53. The lowest BCUT2D eigenvalue weighted by Gasteiger charge is -2.18. The predicted octanol–water partition coefficient (Wildman–Crippen LogP) is 12.1. The summed E-state index contributed by atoms with van der Waals surface area (Å²) in [6.07, 6.45) is 26.0. The first-order valence-electron chi connectivity index (χ1n) is 17.3. The summed E-state index contributed by atoms with van der Waals surface area (Å²) in [4.78, 5) is 0.378. The van der Waals surface area contributed by atoms with E-state index in [0.29, 0.717) is 11.3 Å². The molecule has 3 nitrogen and oxygen atoms in total. The number of hydrogen-bond acceptors (Lipinski definition) is 3. The van der Waals surface area contributed by atoms with Gasteiger partial charge >= 0.3 is 0 Å². The lowest BCUT2D eigenvalue weighted by molar-refractivity contribution is 0.341. The standard InChI is InChI=1S/C42H64O3S/c1-33(2)15-10-16-34(3)17-11-18-35(4)19-12-20-36(5)21-13-22-37(6)27-30-42(40(9)24-14-23-38(7)31-32-43)46(44,45)41-28-25-39(8)26-29-41/h15,17,19,21,24-29,31,42-43H,10-14,16,18,20,22-23,30,32H2,1-9H3/b34-17?,35-19?,36-21?,37-27+,38-31+,40-24?. The van der Waals surface area contributed by atoms with Gasteiger partial charge in [0.05, 0.1) is 16.8 Å². The number of rotatable bonds is 21. The Balaban J connectivity index is 2.74. The largest absolute Gasteiger partial charge is 0.392 e. The molecule has 0 spiro atoms. The highest BCUT2D eigenvalue weighted by Crippen LogP contribution is 2.27. The molecular formula is C42H64O3S. The average Bonchev–Trinajstić information content (AvgIpc) is 2.97. The van der Waals surface area contributed by atoms with E-state index in [9.17, 15) is 8.42 Å². The fourth-order valence-corrected chi connectivity index (χ4v) is 7.09. The van der Waals surface area contributed by atoms with Crippen molar-refractivity contribution in [1.82, 2.24) is 0 Å². The van der Waals surface area contributed by atoms with Crippen LogP contribution in [0, 0.1) is 6.92 Å². The van der Waals surface area contributed by atoms with Crippen LogP contribution in [0.5, 0.6) is 0 Å². The van der Waals surface area contributed by atoms with Crippen molar-refractivity contribution >= 4 is 9.84 Å². The first kappa shape index (κ1) is 41.3. The molecule has 1 N–H and O–H groups in total. The topological polar surface area (TPSA) is 54.4 Å². The molecule has 1 atom stereocenters. The van der Waals surface area contributed by atoms with Gasteiger partial charge in [-0.15, -0.1) is 0 Å². The fraction of sp³-hybridized carbons (Fsp3) is 0.524. The Bertz CT molecular complexity index is 1370. The third kappa shape index (κ3) is 17.9. The van der Waals surface area contributed by atoms with Crippen LogP contribution in [0.3, 0.4) is 0 Å². The van der Waals surface area contributed by atoms with E-state index in [1.165, 1.54) is 27.9 Å². The molecule has 0 saturated carbocycles. The highest BCUT2D eigenvalue weighted by molar-refractivity contribution is 7.92. The molecule has 0 fully saturated rings. The van der Waals surface area contributed by atoms with E-state index < -0.39 is 15.1 Å². The summed E-state index contributed by atoms with van der Waals surface area (Å²) in [5, 5.41) is 8.54. The van der Waals surface area contributed by atoms with Crippen LogP contribution in [0.2, 0.25) is 0 Å². The number of hydrogen-bond donors (Lipinski definition) is 1. The van der Waals surface area contributed by atoms with Crippen LogP contribution in [0.4, 0.5) is 0 Å². The van der Waals surface area contributed by atoms with E-state index in [2.05, 4.69) is 78.0 Å². The minimum absolute atomic E-state index is 0.0317. The maximum Gasteiger partial charge on any atom is 0.185 e. The highest BCUT2D eigenvalue weighted by atomic mass is 32.2. The lowest BCUT2D eigenvalue weighted by atomic mass is 10.0. The van der Waals surface area contributed by atoms with Gasteiger partial charge in [-0.3, -0.25) is 0 Å². The summed E-state index contributed by atoms with van der Waals surface area (Å²) in [5.74, 6) is 0. The van der Waals surface area contributed by atoms with Crippen molar-refractivity contribution in [2.24, 2.45) is 0 Å². The Labute approximate surface area is 283 Å². The third-order valence-electron chi connectivity index (χ3n) is 8.54. The van der Waals surface area contributed by atoms with Gasteiger partial charge in [-0.05, 0) is 145 Å². The second-order valence-electron chi connectivity index (χ2n) is 13.4. The van der Waals surface area contributed by atoms with Crippen LogP contribution in [0.15, 0.2) is 111 Å². The maximum absolute atomic E-state index is 13.8. The van der Waals surface area contributed by atoms with E-state index in [1.807, 2.05) is 32.9 Å². The van der Waals surface area contributed by atoms with Crippen LogP contribution < -0.4 is 0 Å². The van der Waals surface area contributed by atoms with Crippen LogP contribution in [0.1, 0.15) is 132 Å². The molecule has 0 saturated heterocycles. The number of benzene rings is 1. The van der Waals surface area contributed by atoms with Crippen LogP contribution in [0.25, 0.3) is 0 Å². The first-order valence-corrected chi connectivity index (χ1v) is 18.8. The smallest absolute Gasteiger partial charge is 0.185 e. The van der Waals surface area contributed by atoms with Gasteiger partial charge in [0, 0.05) is 0 Å². The molecule has 0 amide bonds. The summed E-state index contributed by atoms with van der Waals surface area (Å²) in [5.41, 5.74) is 10.0. The van der Waals surface area contributed by atoms with E-state index in [1.54, 1.807) is 18.2 Å². The van der Waals surface area contributed by atoms with Gasteiger partial charge < -0.3 is 5.11 Å². The van der Waals surface area contributed by atoms with E-state index in [4.69, 9.17) is 5.11 Å². The Morgan fingerprint density at radius 1 is 0.587 bits per heavy atom. The molecule has 1 aromatic rings. The molecule has 0 bridgehead atoms. The van der Waals surface area contributed by atoms with Crippen LogP contribution >= 0.6 is 0 Å². The van der Waals surface area contributed by atoms with Crippen LogP contribution in [-0.4, -0.2) is 25.4 Å².